The summed E-state index contributed by atoms with van der Waals surface area (Å²) >= 11 is 0. The standard InChI is InChI=1S/C16H22N2O4S/c1-3-23(22)14-6-4-5-13(10-14)17-15-8-7-12(11(2)19)9-16(15)18(20)21/h7-9,13-14,17H,3-6,10H2,1-2H3/t13-,14-,23+/m1/s1. The molecule has 0 amide bonds. The Morgan fingerprint density at radius 2 is 2.17 bits per heavy atom. The number of carbonyl (C=O) groups excluding carboxylic acids is 1. The van der Waals surface area contributed by atoms with Gasteiger partial charge in [0.05, 0.1) is 4.92 Å². The predicted octanol–water partition coefficient (Wildman–Crippen LogP) is 3.29. The van der Waals surface area contributed by atoms with Gasteiger partial charge in [-0.05, 0) is 38.3 Å². The lowest BCUT2D eigenvalue weighted by atomic mass is 9.94. The quantitative estimate of drug-likeness (QED) is 0.488. The van der Waals surface area contributed by atoms with Crippen molar-refractivity contribution in [3.05, 3.63) is 33.9 Å². The van der Waals surface area contributed by atoms with Crippen LogP contribution < -0.4 is 5.32 Å². The topological polar surface area (TPSA) is 89.3 Å². The molecule has 1 aliphatic carbocycles. The third-order valence-corrected chi connectivity index (χ3v) is 5.98. The number of nitrogens with one attached hydrogen (secondary N) is 1. The van der Waals surface area contributed by atoms with E-state index in [1.807, 2.05) is 6.92 Å². The van der Waals surface area contributed by atoms with Gasteiger partial charge >= 0.3 is 0 Å². The highest BCUT2D eigenvalue weighted by Gasteiger charge is 2.27. The molecule has 7 heteroatoms. The Hall–Kier alpha value is -1.76. The Kier molecular flexibility index (Phi) is 5.87. The van der Waals surface area contributed by atoms with Gasteiger partial charge in [-0.25, -0.2) is 0 Å². The second-order valence-corrected chi connectivity index (χ2v) is 7.85. The van der Waals surface area contributed by atoms with E-state index in [9.17, 15) is 19.1 Å². The number of anilines is 1. The van der Waals surface area contributed by atoms with Crippen molar-refractivity contribution in [1.82, 2.24) is 0 Å². The lowest BCUT2D eigenvalue weighted by Gasteiger charge is -2.29. The van der Waals surface area contributed by atoms with Crippen LogP contribution in [-0.2, 0) is 10.8 Å². The molecule has 1 N–H and O–H groups in total. The first-order chi connectivity index (χ1) is 10.9. The van der Waals surface area contributed by atoms with Crippen molar-refractivity contribution in [3.8, 4) is 0 Å². The van der Waals surface area contributed by atoms with Gasteiger partial charge in [0.2, 0.25) is 0 Å². The number of carbonyl (C=O) groups is 1. The first kappa shape index (κ1) is 17.6. The van der Waals surface area contributed by atoms with Gasteiger partial charge in [0, 0.05) is 39.5 Å². The van der Waals surface area contributed by atoms with Crippen LogP contribution in [0.3, 0.4) is 0 Å². The van der Waals surface area contributed by atoms with E-state index in [0.29, 0.717) is 17.0 Å². The van der Waals surface area contributed by atoms with E-state index in [2.05, 4.69) is 5.32 Å². The molecule has 23 heavy (non-hydrogen) atoms. The van der Waals surface area contributed by atoms with Gasteiger partial charge in [0.15, 0.2) is 5.78 Å². The van der Waals surface area contributed by atoms with E-state index in [4.69, 9.17) is 0 Å². The van der Waals surface area contributed by atoms with E-state index < -0.39 is 15.7 Å². The number of nitro benzene ring substituents is 1. The highest BCUT2D eigenvalue weighted by molar-refractivity contribution is 7.85. The van der Waals surface area contributed by atoms with E-state index in [1.165, 1.54) is 13.0 Å². The molecule has 0 spiro atoms. The van der Waals surface area contributed by atoms with Crippen molar-refractivity contribution in [1.29, 1.82) is 0 Å². The largest absolute Gasteiger partial charge is 0.377 e. The first-order valence-electron chi connectivity index (χ1n) is 7.85. The van der Waals surface area contributed by atoms with Gasteiger partial charge in [0.1, 0.15) is 5.69 Å². The Balaban J connectivity index is 2.17. The van der Waals surface area contributed by atoms with Gasteiger partial charge in [-0.2, -0.15) is 0 Å². The lowest BCUT2D eigenvalue weighted by Crippen LogP contribution is -2.33. The SMILES string of the molecule is CC[S@](=O)[C@@H]1CCC[C@@H](Nc2ccc(C(C)=O)cc2[N+](=O)[O-])C1. The Bertz CT molecular complexity index is 633. The minimum Gasteiger partial charge on any atom is -0.377 e. The minimum atomic E-state index is -0.835. The molecule has 1 saturated carbocycles. The molecule has 1 fully saturated rings. The molecule has 0 aliphatic heterocycles. The van der Waals surface area contributed by atoms with Crippen molar-refractivity contribution in [3.63, 3.8) is 0 Å². The second-order valence-electron chi connectivity index (χ2n) is 5.84. The molecular weight excluding hydrogens is 316 g/mol. The fourth-order valence-corrected chi connectivity index (χ4v) is 4.34. The van der Waals surface area contributed by atoms with Crippen molar-refractivity contribution in [2.45, 2.75) is 50.8 Å². The summed E-state index contributed by atoms with van der Waals surface area (Å²) in [7, 11) is -0.835. The molecule has 0 radical (unpaired) electrons. The summed E-state index contributed by atoms with van der Waals surface area (Å²) in [6, 6.07) is 4.58. The zero-order valence-electron chi connectivity index (χ0n) is 13.4. The number of benzene rings is 1. The van der Waals surface area contributed by atoms with Crippen LogP contribution >= 0.6 is 0 Å². The molecule has 0 saturated heterocycles. The maximum atomic E-state index is 12.0. The first-order valence-corrected chi connectivity index (χ1v) is 9.23. The maximum absolute atomic E-state index is 12.0. The van der Waals surface area contributed by atoms with E-state index in [1.54, 1.807) is 12.1 Å². The molecule has 1 aromatic carbocycles. The molecule has 0 aromatic heterocycles. The van der Waals surface area contributed by atoms with Crippen molar-refractivity contribution in [2.24, 2.45) is 0 Å². The fraction of sp³-hybridized carbons (Fsp3) is 0.562. The molecule has 126 valence electrons. The summed E-state index contributed by atoms with van der Waals surface area (Å²) in [6.45, 7) is 3.30. The summed E-state index contributed by atoms with van der Waals surface area (Å²) in [5.74, 6) is 0.445. The van der Waals surface area contributed by atoms with Gasteiger partial charge in [-0.15, -0.1) is 0 Å². The smallest absolute Gasteiger partial charge is 0.293 e. The Morgan fingerprint density at radius 3 is 2.78 bits per heavy atom. The van der Waals surface area contributed by atoms with E-state index in [0.717, 1.165) is 25.7 Å². The van der Waals surface area contributed by atoms with Gasteiger partial charge in [-0.3, -0.25) is 19.1 Å². The Labute approximate surface area is 138 Å². The predicted molar refractivity (Wildman–Crippen MR) is 91.5 cm³/mol. The molecule has 6 nitrogen and oxygen atoms in total. The van der Waals surface area contributed by atoms with Gasteiger partial charge < -0.3 is 5.32 Å². The molecule has 1 aliphatic rings. The molecule has 3 atom stereocenters. The van der Waals surface area contributed by atoms with Crippen LogP contribution in [0.2, 0.25) is 0 Å². The summed E-state index contributed by atoms with van der Waals surface area (Å²) in [5.41, 5.74) is 0.667. The number of rotatable bonds is 6. The second kappa shape index (κ2) is 7.68. The minimum absolute atomic E-state index is 0.0751. The van der Waals surface area contributed by atoms with Crippen molar-refractivity contribution in [2.75, 3.05) is 11.1 Å². The summed E-state index contributed by atoms with van der Waals surface area (Å²) in [4.78, 5) is 22.2. The summed E-state index contributed by atoms with van der Waals surface area (Å²) in [6.07, 6.45) is 3.58. The van der Waals surface area contributed by atoms with Gasteiger partial charge in [0.25, 0.3) is 5.69 Å². The summed E-state index contributed by atoms with van der Waals surface area (Å²) in [5, 5.41) is 14.6. The fourth-order valence-electron chi connectivity index (χ4n) is 2.99. The highest BCUT2D eigenvalue weighted by atomic mass is 32.2. The molecule has 1 aromatic rings. The maximum Gasteiger partial charge on any atom is 0.293 e. The number of hydrogen-bond donors (Lipinski definition) is 1. The van der Waals surface area contributed by atoms with E-state index in [-0.39, 0.29) is 22.8 Å². The molecule has 2 rings (SSSR count). The summed E-state index contributed by atoms with van der Waals surface area (Å²) < 4.78 is 12.0. The average Bonchev–Trinajstić information content (AvgIpc) is 2.54. The molecule has 0 heterocycles. The molecular formula is C16H22N2O4S. The lowest BCUT2D eigenvalue weighted by molar-refractivity contribution is -0.384. The van der Waals surface area contributed by atoms with Crippen LogP contribution in [0.25, 0.3) is 0 Å². The van der Waals surface area contributed by atoms with E-state index >= 15 is 0 Å². The molecule has 0 bridgehead atoms. The highest BCUT2D eigenvalue weighted by Crippen LogP contribution is 2.30. The van der Waals surface area contributed by atoms with Crippen LogP contribution in [0.5, 0.6) is 0 Å². The van der Waals surface area contributed by atoms with Crippen molar-refractivity contribution < 1.29 is 13.9 Å². The number of Topliss-reactive ketones (excluding diaryl/α,β-unsaturated/α-hetero) is 1. The van der Waals surface area contributed by atoms with Crippen LogP contribution in [0.4, 0.5) is 11.4 Å². The third kappa shape index (κ3) is 4.37. The Morgan fingerprint density at radius 1 is 1.43 bits per heavy atom. The molecule has 0 unspecified atom stereocenters. The third-order valence-electron chi connectivity index (χ3n) is 4.24. The number of ketones is 1. The van der Waals surface area contributed by atoms with Gasteiger partial charge in [-0.1, -0.05) is 13.3 Å². The monoisotopic (exact) mass is 338 g/mol. The number of hydrogen-bond acceptors (Lipinski definition) is 5. The number of nitrogens with zero attached hydrogens (tertiary/aromatic N) is 1. The number of nitro groups is 1. The van der Waals surface area contributed by atoms with Crippen LogP contribution in [0.15, 0.2) is 18.2 Å². The van der Waals surface area contributed by atoms with Crippen LogP contribution in [-0.4, -0.2) is 32.0 Å². The zero-order valence-corrected chi connectivity index (χ0v) is 14.2. The van der Waals surface area contributed by atoms with Crippen LogP contribution in [0.1, 0.15) is 49.9 Å². The van der Waals surface area contributed by atoms with Crippen LogP contribution in [0, 0.1) is 10.1 Å². The zero-order chi connectivity index (χ0) is 17.0. The average molecular weight is 338 g/mol. The van der Waals surface area contributed by atoms with Crippen molar-refractivity contribution >= 4 is 28.0 Å². The normalized spacial score (nSPS) is 22.3.